The Balaban J connectivity index is 1.38. The van der Waals surface area contributed by atoms with Gasteiger partial charge in [0.25, 0.3) is 0 Å². The molecule has 1 saturated heterocycles. The molecule has 7 nitrogen and oxygen atoms in total. The van der Waals surface area contributed by atoms with E-state index in [-0.39, 0.29) is 11.4 Å². The molecule has 1 aliphatic rings. The van der Waals surface area contributed by atoms with Crippen molar-refractivity contribution in [3.8, 4) is 0 Å². The molecule has 1 aliphatic heterocycles. The Labute approximate surface area is 170 Å². The number of aliphatic imine (C=N–C) groups is 1. The van der Waals surface area contributed by atoms with Crippen molar-refractivity contribution in [2.75, 3.05) is 38.1 Å². The summed E-state index contributed by atoms with van der Waals surface area (Å²) in [7, 11) is -1.75. The maximum absolute atomic E-state index is 12.2. The summed E-state index contributed by atoms with van der Waals surface area (Å²) in [6, 6.07) is 13.0. The van der Waals surface area contributed by atoms with E-state index >= 15 is 0 Å². The summed E-state index contributed by atoms with van der Waals surface area (Å²) in [6.45, 7) is 2.78. The quantitative estimate of drug-likeness (QED) is 0.361. The number of nitrogens with one attached hydrogen (secondary N) is 3. The van der Waals surface area contributed by atoms with Gasteiger partial charge in [0.1, 0.15) is 0 Å². The summed E-state index contributed by atoms with van der Waals surface area (Å²) < 4.78 is 27.0. The van der Waals surface area contributed by atoms with Crippen molar-refractivity contribution in [2.45, 2.75) is 23.8 Å². The molecule has 0 spiro atoms. The lowest BCUT2D eigenvalue weighted by molar-refractivity contribution is 0.463. The fourth-order valence-corrected chi connectivity index (χ4v) is 4.97. The van der Waals surface area contributed by atoms with Gasteiger partial charge in [0.2, 0.25) is 10.0 Å². The average molecular weight is 422 g/mol. The van der Waals surface area contributed by atoms with E-state index in [2.05, 4.69) is 42.8 Å². The second-order valence-electron chi connectivity index (χ2n) is 6.57. The van der Waals surface area contributed by atoms with Gasteiger partial charge in [0.05, 0.1) is 9.90 Å². The Morgan fingerprint density at radius 3 is 2.54 bits per heavy atom. The Bertz CT molecular complexity index is 846. The molecule has 1 fully saturated rings. The number of anilines is 1. The van der Waals surface area contributed by atoms with Crippen LogP contribution in [0.3, 0.4) is 0 Å². The van der Waals surface area contributed by atoms with Crippen LogP contribution in [-0.2, 0) is 10.0 Å². The molecular formula is C19H27N5O2S2. The van der Waals surface area contributed by atoms with Gasteiger partial charge < -0.3 is 15.5 Å². The van der Waals surface area contributed by atoms with Gasteiger partial charge >= 0.3 is 0 Å². The van der Waals surface area contributed by atoms with Crippen LogP contribution in [0.25, 0.3) is 0 Å². The van der Waals surface area contributed by atoms with Crippen molar-refractivity contribution < 1.29 is 8.42 Å². The van der Waals surface area contributed by atoms with E-state index < -0.39 is 10.0 Å². The Morgan fingerprint density at radius 1 is 1.14 bits per heavy atom. The van der Waals surface area contributed by atoms with Gasteiger partial charge in [-0.25, -0.2) is 13.1 Å². The first-order valence-corrected chi connectivity index (χ1v) is 11.7. The third-order valence-electron chi connectivity index (χ3n) is 4.64. The lowest BCUT2D eigenvalue weighted by Crippen LogP contribution is -2.49. The lowest BCUT2D eigenvalue weighted by Gasteiger charge is -2.33. The molecular weight excluding hydrogens is 394 g/mol. The summed E-state index contributed by atoms with van der Waals surface area (Å²) in [5.74, 6) is 0.702. The van der Waals surface area contributed by atoms with Crippen LogP contribution in [0.15, 0.2) is 57.7 Å². The van der Waals surface area contributed by atoms with Crippen molar-refractivity contribution in [3.05, 3.63) is 47.8 Å². The minimum absolute atomic E-state index is 0.273. The van der Waals surface area contributed by atoms with E-state index in [9.17, 15) is 8.42 Å². The molecule has 0 amide bonds. The molecule has 0 bridgehead atoms. The largest absolute Gasteiger partial charge is 0.363 e. The second kappa shape index (κ2) is 9.90. The Hall–Kier alpha value is -2.10. The molecule has 1 aromatic heterocycles. The summed E-state index contributed by atoms with van der Waals surface area (Å²) in [5.41, 5.74) is 0. The minimum atomic E-state index is -3.47. The van der Waals surface area contributed by atoms with E-state index in [0.29, 0.717) is 18.5 Å². The van der Waals surface area contributed by atoms with Crippen LogP contribution in [-0.4, -0.2) is 53.6 Å². The lowest BCUT2D eigenvalue weighted by atomic mass is 10.1. The summed E-state index contributed by atoms with van der Waals surface area (Å²) >= 11 is 1.78. The van der Waals surface area contributed by atoms with Gasteiger partial charge in [-0.1, -0.05) is 18.2 Å². The number of sulfonamides is 1. The first kappa shape index (κ1) is 20.6. The number of hydrogen-bond donors (Lipinski definition) is 3. The average Bonchev–Trinajstić information content (AvgIpc) is 3.26. The molecule has 152 valence electrons. The predicted molar refractivity (Wildman–Crippen MR) is 116 cm³/mol. The van der Waals surface area contributed by atoms with E-state index in [1.165, 1.54) is 5.00 Å². The molecule has 3 rings (SSSR count). The first-order valence-electron chi connectivity index (χ1n) is 9.39. The molecule has 0 aliphatic carbocycles. The predicted octanol–water partition coefficient (Wildman–Crippen LogP) is 1.86. The topological polar surface area (TPSA) is 85.8 Å². The first-order chi connectivity index (χ1) is 13.6. The van der Waals surface area contributed by atoms with E-state index in [1.54, 1.807) is 48.7 Å². The zero-order chi connectivity index (χ0) is 19.8. The Morgan fingerprint density at radius 2 is 1.89 bits per heavy atom. The van der Waals surface area contributed by atoms with Crippen molar-refractivity contribution in [1.82, 2.24) is 15.4 Å². The van der Waals surface area contributed by atoms with Crippen LogP contribution in [0.1, 0.15) is 12.8 Å². The molecule has 0 atom stereocenters. The molecule has 2 aromatic rings. The third-order valence-corrected chi connectivity index (χ3v) is 7.05. The van der Waals surface area contributed by atoms with Crippen LogP contribution in [0.4, 0.5) is 5.00 Å². The standard InChI is InChI=1S/C19H27N5O2S2/c1-20-19(21-11-12-22-28(25,26)17-6-3-2-4-7-17)23-16-9-13-24(14-10-16)18-8-5-15-27-18/h2-8,15-16,22H,9-14H2,1H3,(H2,20,21,23). The minimum Gasteiger partial charge on any atom is -0.363 e. The molecule has 1 aromatic carbocycles. The smallest absolute Gasteiger partial charge is 0.240 e. The highest BCUT2D eigenvalue weighted by molar-refractivity contribution is 7.89. The highest BCUT2D eigenvalue weighted by Gasteiger charge is 2.20. The summed E-state index contributed by atoms with van der Waals surface area (Å²) in [4.78, 5) is 6.94. The maximum atomic E-state index is 12.2. The van der Waals surface area contributed by atoms with Gasteiger partial charge in [-0.05, 0) is 42.5 Å². The highest BCUT2D eigenvalue weighted by Crippen LogP contribution is 2.24. The van der Waals surface area contributed by atoms with Crippen molar-refractivity contribution in [1.29, 1.82) is 0 Å². The zero-order valence-electron chi connectivity index (χ0n) is 16.0. The van der Waals surface area contributed by atoms with Crippen molar-refractivity contribution in [2.24, 2.45) is 4.99 Å². The van der Waals surface area contributed by atoms with Crippen LogP contribution in [0, 0.1) is 0 Å². The monoisotopic (exact) mass is 421 g/mol. The number of piperidine rings is 1. The summed E-state index contributed by atoms with van der Waals surface area (Å²) in [5, 5.41) is 10.1. The van der Waals surface area contributed by atoms with Gasteiger partial charge in [0, 0.05) is 39.3 Å². The third kappa shape index (κ3) is 5.70. The Kier molecular flexibility index (Phi) is 7.30. The second-order valence-corrected chi connectivity index (χ2v) is 9.26. The number of guanidine groups is 1. The van der Waals surface area contributed by atoms with Gasteiger partial charge in [-0.2, -0.15) is 0 Å². The van der Waals surface area contributed by atoms with E-state index in [0.717, 1.165) is 25.9 Å². The van der Waals surface area contributed by atoms with Crippen LogP contribution in [0.5, 0.6) is 0 Å². The van der Waals surface area contributed by atoms with Crippen LogP contribution < -0.4 is 20.3 Å². The SMILES string of the molecule is CN=C(NCCNS(=O)(=O)c1ccccc1)NC1CCN(c2cccs2)CC1. The normalized spacial score (nSPS) is 16.2. The molecule has 28 heavy (non-hydrogen) atoms. The molecule has 9 heteroatoms. The van der Waals surface area contributed by atoms with Crippen molar-refractivity contribution in [3.63, 3.8) is 0 Å². The van der Waals surface area contributed by atoms with Crippen molar-refractivity contribution >= 4 is 32.3 Å². The zero-order valence-corrected chi connectivity index (χ0v) is 17.6. The number of rotatable bonds is 7. The number of thiophene rings is 1. The molecule has 3 N–H and O–H groups in total. The van der Waals surface area contributed by atoms with Gasteiger partial charge in [-0.3, -0.25) is 4.99 Å². The molecule has 2 heterocycles. The maximum Gasteiger partial charge on any atom is 0.240 e. The molecule has 0 unspecified atom stereocenters. The molecule has 0 radical (unpaired) electrons. The number of nitrogens with zero attached hydrogens (tertiary/aromatic N) is 2. The number of hydrogen-bond acceptors (Lipinski definition) is 5. The van der Waals surface area contributed by atoms with Gasteiger partial charge in [-0.15, -0.1) is 11.3 Å². The van der Waals surface area contributed by atoms with E-state index in [4.69, 9.17) is 0 Å². The molecule has 0 saturated carbocycles. The van der Waals surface area contributed by atoms with Gasteiger partial charge in [0.15, 0.2) is 5.96 Å². The highest BCUT2D eigenvalue weighted by atomic mass is 32.2. The fraction of sp³-hybridized carbons (Fsp3) is 0.421. The van der Waals surface area contributed by atoms with E-state index in [1.807, 2.05) is 0 Å². The summed E-state index contributed by atoms with van der Waals surface area (Å²) in [6.07, 6.45) is 2.08. The van der Waals surface area contributed by atoms with Crippen LogP contribution >= 0.6 is 11.3 Å². The van der Waals surface area contributed by atoms with Crippen LogP contribution in [0.2, 0.25) is 0 Å². The number of benzene rings is 1. The fourth-order valence-electron chi connectivity index (χ4n) is 3.13.